The minimum Gasteiger partial charge on any atom is -0.481 e. The fraction of sp³-hybridized carbons (Fsp3) is 0.385. The largest absolute Gasteiger partial charge is 0.481 e. The van der Waals surface area contributed by atoms with Gasteiger partial charge in [-0.3, -0.25) is 9.59 Å². The zero-order valence-corrected chi connectivity index (χ0v) is 10.9. The van der Waals surface area contributed by atoms with E-state index in [1.807, 2.05) is 0 Å². The van der Waals surface area contributed by atoms with Gasteiger partial charge in [0, 0.05) is 13.6 Å². The topological polar surface area (TPSA) is 57.6 Å². The molecular formula is C13H14F3NO3. The Labute approximate surface area is 113 Å². The Hall–Kier alpha value is -2.05. The highest BCUT2D eigenvalue weighted by molar-refractivity contribution is 5.96. The number of halogens is 3. The third-order valence-corrected chi connectivity index (χ3v) is 2.82. The van der Waals surface area contributed by atoms with E-state index < -0.39 is 29.5 Å². The second-order valence-corrected chi connectivity index (χ2v) is 4.45. The standard InChI is InChI=1S/C13H14F3NO3/c1-8(12(19)20)11(18)17(2)7-9-3-5-10(6-4-9)13(14,15)16/h3-6,8H,7H2,1-2H3,(H,19,20). The zero-order chi connectivity index (χ0) is 15.5. The first-order valence-corrected chi connectivity index (χ1v) is 5.77. The van der Waals surface area contributed by atoms with Gasteiger partial charge in [0.05, 0.1) is 5.56 Å². The Bertz CT molecular complexity index is 497. The molecule has 0 spiro atoms. The quantitative estimate of drug-likeness (QED) is 0.866. The SMILES string of the molecule is CC(C(=O)O)C(=O)N(C)Cc1ccc(C(F)(F)F)cc1. The van der Waals surface area contributed by atoms with Crippen molar-refractivity contribution in [2.45, 2.75) is 19.6 Å². The van der Waals surface area contributed by atoms with Gasteiger partial charge in [-0.2, -0.15) is 13.2 Å². The van der Waals surface area contributed by atoms with Gasteiger partial charge in [-0.05, 0) is 24.6 Å². The molecule has 7 heteroatoms. The number of carboxylic acid groups (broad SMARTS) is 1. The average Bonchev–Trinajstić information content (AvgIpc) is 2.36. The first-order valence-electron chi connectivity index (χ1n) is 5.77. The van der Waals surface area contributed by atoms with Gasteiger partial charge in [0.25, 0.3) is 0 Å². The number of hydrogen-bond acceptors (Lipinski definition) is 2. The third kappa shape index (κ3) is 3.97. The van der Waals surface area contributed by atoms with Crippen LogP contribution < -0.4 is 0 Å². The van der Waals surface area contributed by atoms with Crippen LogP contribution in [0.25, 0.3) is 0 Å². The van der Waals surface area contributed by atoms with Gasteiger partial charge in [0.1, 0.15) is 5.92 Å². The van der Waals surface area contributed by atoms with Crippen LogP contribution in [0.4, 0.5) is 13.2 Å². The van der Waals surface area contributed by atoms with Crippen LogP contribution >= 0.6 is 0 Å². The molecule has 0 heterocycles. The number of amides is 1. The lowest BCUT2D eigenvalue weighted by molar-refractivity contribution is -0.150. The number of rotatable bonds is 4. The molecule has 1 atom stereocenters. The molecule has 0 saturated heterocycles. The summed E-state index contributed by atoms with van der Waals surface area (Å²) in [4.78, 5) is 23.5. The number of benzene rings is 1. The highest BCUT2D eigenvalue weighted by Crippen LogP contribution is 2.29. The minimum atomic E-state index is -4.40. The molecule has 0 aromatic heterocycles. The molecule has 1 aromatic rings. The molecule has 1 unspecified atom stereocenters. The van der Waals surface area contributed by atoms with Crippen LogP contribution in [0.5, 0.6) is 0 Å². The van der Waals surface area contributed by atoms with E-state index in [9.17, 15) is 22.8 Å². The maximum absolute atomic E-state index is 12.4. The van der Waals surface area contributed by atoms with Crippen molar-refractivity contribution in [1.82, 2.24) is 4.90 Å². The molecule has 0 bridgehead atoms. The van der Waals surface area contributed by atoms with Crippen molar-refractivity contribution in [3.8, 4) is 0 Å². The van der Waals surface area contributed by atoms with E-state index in [2.05, 4.69) is 0 Å². The van der Waals surface area contributed by atoms with Gasteiger partial charge >= 0.3 is 12.1 Å². The predicted octanol–water partition coefficient (Wildman–Crippen LogP) is 2.38. The number of hydrogen-bond donors (Lipinski definition) is 1. The minimum absolute atomic E-state index is 0.0502. The van der Waals surface area contributed by atoms with E-state index in [-0.39, 0.29) is 6.54 Å². The molecule has 110 valence electrons. The molecule has 1 amide bonds. The van der Waals surface area contributed by atoms with E-state index in [1.165, 1.54) is 31.0 Å². The Kier molecular flexibility index (Phi) is 4.75. The maximum Gasteiger partial charge on any atom is 0.416 e. The maximum atomic E-state index is 12.4. The molecule has 0 fully saturated rings. The Balaban J connectivity index is 2.74. The van der Waals surface area contributed by atoms with Crippen LogP contribution in [0.15, 0.2) is 24.3 Å². The number of alkyl halides is 3. The summed E-state index contributed by atoms with van der Waals surface area (Å²) in [5, 5.41) is 8.72. The normalized spacial score (nSPS) is 12.8. The first kappa shape index (κ1) is 16.0. The lowest BCUT2D eigenvalue weighted by Gasteiger charge is -2.19. The molecule has 0 aliphatic rings. The first-order chi connectivity index (χ1) is 9.12. The zero-order valence-electron chi connectivity index (χ0n) is 10.9. The Morgan fingerprint density at radius 3 is 2.15 bits per heavy atom. The van der Waals surface area contributed by atoms with Crippen molar-refractivity contribution in [3.05, 3.63) is 35.4 Å². The summed E-state index contributed by atoms with van der Waals surface area (Å²) in [5.41, 5.74) is -0.277. The highest BCUT2D eigenvalue weighted by Gasteiger charge is 2.30. The van der Waals surface area contributed by atoms with Crippen molar-refractivity contribution in [2.75, 3.05) is 7.05 Å². The summed E-state index contributed by atoms with van der Waals surface area (Å²) in [6.45, 7) is 1.31. The number of nitrogens with zero attached hydrogens (tertiary/aromatic N) is 1. The van der Waals surface area contributed by atoms with Crippen LogP contribution in [-0.2, 0) is 22.3 Å². The fourth-order valence-corrected chi connectivity index (χ4v) is 1.59. The van der Waals surface area contributed by atoms with Crippen molar-refractivity contribution in [3.63, 3.8) is 0 Å². The van der Waals surface area contributed by atoms with Gasteiger partial charge in [-0.1, -0.05) is 12.1 Å². The Morgan fingerprint density at radius 2 is 1.75 bits per heavy atom. The molecule has 1 rings (SSSR count). The van der Waals surface area contributed by atoms with Crippen LogP contribution in [0.1, 0.15) is 18.1 Å². The smallest absolute Gasteiger partial charge is 0.416 e. The molecule has 20 heavy (non-hydrogen) atoms. The van der Waals surface area contributed by atoms with E-state index >= 15 is 0 Å². The molecule has 4 nitrogen and oxygen atoms in total. The van der Waals surface area contributed by atoms with Gasteiger partial charge in [0.15, 0.2) is 0 Å². The van der Waals surface area contributed by atoms with Crippen molar-refractivity contribution >= 4 is 11.9 Å². The van der Waals surface area contributed by atoms with E-state index in [4.69, 9.17) is 5.11 Å². The summed E-state index contributed by atoms with van der Waals surface area (Å²) in [5.74, 6) is -3.03. The third-order valence-electron chi connectivity index (χ3n) is 2.82. The van der Waals surface area contributed by atoms with Crippen molar-refractivity contribution < 1.29 is 27.9 Å². The number of carboxylic acids is 1. The average molecular weight is 289 g/mol. The highest BCUT2D eigenvalue weighted by atomic mass is 19.4. The Morgan fingerprint density at radius 1 is 1.25 bits per heavy atom. The molecule has 0 radical (unpaired) electrons. The van der Waals surface area contributed by atoms with Crippen LogP contribution in [0, 0.1) is 5.92 Å². The molecular weight excluding hydrogens is 275 g/mol. The summed E-state index contributed by atoms with van der Waals surface area (Å²) < 4.78 is 37.1. The van der Waals surface area contributed by atoms with Crippen LogP contribution in [0.3, 0.4) is 0 Å². The van der Waals surface area contributed by atoms with Gasteiger partial charge < -0.3 is 10.0 Å². The molecule has 1 aromatic carbocycles. The van der Waals surface area contributed by atoms with Crippen LogP contribution in [0.2, 0.25) is 0 Å². The number of carbonyl (C=O) groups is 2. The lowest BCUT2D eigenvalue weighted by atomic mass is 10.1. The van der Waals surface area contributed by atoms with Gasteiger partial charge in [0.2, 0.25) is 5.91 Å². The molecule has 0 aliphatic carbocycles. The molecule has 1 N–H and O–H groups in total. The fourth-order valence-electron chi connectivity index (χ4n) is 1.59. The van der Waals surface area contributed by atoms with Crippen molar-refractivity contribution in [2.24, 2.45) is 5.92 Å². The van der Waals surface area contributed by atoms with Crippen molar-refractivity contribution in [1.29, 1.82) is 0 Å². The lowest BCUT2D eigenvalue weighted by Crippen LogP contribution is -2.34. The number of carbonyl (C=O) groups excluding carboxylic acids is 1. The van der Waals surface area contributed by atoms with E-state index in [1.54, 1.807) is 0 Å². The van der Waals surface area contributed by atoms with Crippen LogP contribution in [-0.4, -0.2) is 28.9 Å². The summed E-state index contributed by atoms with van der Waals surface area (Å²) in [7, 11) is 1.40. The van der Waals surface area contributed by atoms with Gasteiger partial charge in [-0.15, -0.1) is 0 Å². The second kappa shape index (κ2) is 5.94. The summed E-state index contributed by atoms with van der Waals surface area (Å²) >= 11 is 0. The number of aliphatic carboxylic acids is 1. The second-order valence-electron chi connectivity index (χ2n) is 4.45. The summed E-state index contributed by atoms with van der Waals surface area (Å²) in [6.07, 6.45) is -4.40. The van der Waals surface area contributed by atoms with Gasteiger partial charge in [-0.25, -0.2) is 0 Å². The monoisotopic (exact) mass is 289 g/mol. The predicted molar refractivity (Wildman–Crippen MR) is 64.7 cm³/mol. The van der Waals surface area contributed by atoms with E-state index in [0.29, 0.717) is 5.56 Å². The summed E-state index contributed by atoms with van der Waals surface area (Å²) in [6, 6.07) is 4.37. The molecule has 0 saturated carbocycles. The van der Waals surface area contributed by atoms with E-state index in [0.717, 1.165) is 12.1 Å². The molecule has 0 aliphatic heterocycles.